The summed E-state index contributed by atoms with van der Waals surface area (Å²) in [5, 5.41) is 2.75. The number of benzene rings is 3. The molecule has 1 atom stereocenters. The highest BCUT2D eigenvalue weighted by atomic mass is 32.2. The zero-order valence-corrected chi connectivity index (χ0v) is 23.2. The molecule has 3 rings (SSSR count). The summed E-state index contributed by atoms with van der Waals surface area (Å²) in [4.78, 5) is 27.9. The summed E-state index contributed by atoms with van der Waals surface area (Å²) in [6.07, 6.45) is 0.695. The summed E-state index contributed by atoms with van der Waals surface area (Å²) in [7, 11) is -4.18. The van der Waals surface area contributed by atoms with E-state index in [1.165, 1.54) is 42.2 Å². The molecular formula is C29H34FN3O5S. The average molecular weight is 556 g/mol. The molecule has 1 N–H and O–H groups in total. The molecule has 3 aromatic rings. The van der Waals surface area contributed by atoms with E-state index in [0.717, 1.165) is 4.31 Å². The fourth-order valence-electron chi connectivity index (χ4n) is 3.91. The molecule has 1 unspecified atom stereocenters. The van der Waals surface area contributed by atoms with Gasteiger partial charge in [-0.05, 0) is 62.7 Å². The van der Waals surface area contributed by atoms with Crippen molar-refractivity contribution >= 4 is 27.5 Å². The van der Waals surface area contributed by atoms with Gasteiger partial charge in [0.05, 0.1) is 17.2 Å². The van der Waals surface area contributed by atoms with Crippen molar-refractivity contribution in [2.75, 3.05) is 24.0 Å². The van der Waals surface area contributed by atoms with E-state index in [-0.39, 0.29) is 22.7 Å². The molecule has 10 heteroatoms. The Morgan fingerprint density at radius 2 is 1.59 bits per heavy atom. The summed E-state index contributed by atoms with van der Waals surface area (Å²) < 4.78 is 48.5. The second-order valence-corrected chi connectivity index (χ2v) is 10.7. The fraction of sp³-hybridized carbons (Fsp3) is 0.310. The molecule has 0 saturated heterocycles. The predicted octanol–water partition coefficient (Wildman–Crippen LogP) is 4.36. The number of rotatable bonds is 13. The second-order valence-electron chi connectivity index (χ2n) is 8.83. The Morgan fingerprint density at radius 1 is 0.949 bits per heavy atom. The van der Waals surface area contributed by atoms with Crippen LogP contribution in [-0.4, -0.2) is 50.9 Å². The third-order valence-electron chi connectivity index (χ3n) is 6.06. The standard InChI is InChI=1S/C29H34FN3O5S/c1-4-19-31-29(35)22(3)32(20-23-11-9-10-14-27(23)30)28(34)21-33(24-15-17-25(18-16-24)38-5-2)39(36,37)26-12-7-6-8-13-26/h6-18,22H,4-5,19-21H2,1-3H3,(H,31,35). The Kier molecular flexibility index (Phi) is 10.4. The van der Waals surface area contributed by atoms with Crippen molar-refractivity contribution in [2.45, 2.75) is 44.7 Å². The zero-order valence-electron chi connectivity index (χ0n) is 22.3. The minimum Gasteiger partial charge on any atom is -0.494 e. The normalized spacial score (nSPS) is 11.9. The SMILES string of the molecule is CCCNC(=O)C(C)N(Cc1ccccc1F)C(=O)CN(c1ccc(OCC)cc1)S(=O)(=O)c1ccccc1. The van der Waals surface area contributed by atoms with E-state index in [1.54, 1.807) is 48.5 Å². The van der Waals surface area contributed by atoms with Gasteiger partial charge in [-0.2, -0.15) is 0 Å². The molecule has 8 nitrogen and oxygen atoms in total. The number of amides is 2. The lowest BCUT2D eigenvalue weighted by atomic mass is 10.1. The molecule has 0 aliphatic rings. The maximum Gasteiger partial charge on any atom is 0.264 e. The van der Waals surface area contributed by atoms with Gasteiger partial charge in [0, 0.05) is 18.7 Å². The highest BCUT2D eigenvalue weighted by Gasteiger charge is 2.32. The first-order valence-corrected chi connectivity index (χ1v) is 14.2. The van der Waals surface area contributed by atoms with Gasteiger partial charge >= 0.3 is 0 Å². The Hall–Kier alpha value is -3.92. The average Bonchev–Trinajstić information content (AvgIpc) is 2.94. The van der Waals surface area contributed by atoms with Crippen molar-refractivity contribution in [3.63, 3.8) is 0 Å². The monoisotopic (exact) mass is 555 g/mol. The van der Waals surface area contributed by atoms with Gasteiger partial charge in [-0.1, -0.05) is 43.3 Å². The fourth-order valence-corrected chi connectivity index (χ4v) is 5.35. The highest BCUT2D eigenvalue weighted by Crippen LogP contribution is 2.26. The minimum absolute atomic E-state index is 0.000996. The van der Waals surface area contributed by atoms with Crippen molar-refractivity contribution in [3.05, 3.63) is 90.2 Å². The Labute approximate surface area is 229 Å². The molecule has 0 fully saturated rings. The van der Waals surface area contributed by atoms with Crippen LogP contribution >= 0.6 is 0 Å². The number of carbonyl (C=O) groups excluding carboxylic acids is 2. The van der Waals surface area contributed by atoms with E-state index >= 15 is 0 Å². The van der Waals surface area contributed by atoms with Crippen LogP contribution in [0.3, 0.4) is 0 Å². The van der Waals surface area contributed by atoms with Crippen LogP contribution in [0.4, 0.5) is 10.1 Å². The lowest BCUT2D eigenvalue weighted by Crippen LogP contribution is -2.51. The van der Waals surface area contributed by atoms with Gasteiger partial charge in [0.2, 0.25) is 11.8 Å². The van der Waals surface area contributed by atoms with Gasteiger partial charge in [-0.15, -0.1) is 0 Å². The maximum absolute atomic E-state index is 14.6. The molecule has 0 aromatic heterocycles. The number of halogens is 1. The van der Waals surface area contributed by atoms with E-state index in [9.17, 15) is 22.4 Å². The van der Waals surface area contributed by atoms with Crippen LogP contribution < -0.4 is 14.4 Å². The van der Waals surface area contributed by atoms with Gasteiger partial charge < -0.3 is 15.0 Å². The van der Waals surface area contributed by atoms with Crippen LogP contribution in [0.15, 0.2) is 83.8 Å². The van der Waals surface area contributed by atoms with Crippen LogP contribution in [0.5, 0.6) is 5.75 Å². The summed E-state index contributed by atoms with van der Waals surface area (Å²) >= 11 is 0. The number of ether oxygens (including phenoxy) is 1. The third-order valence-corrected chi connectivity index (χ3v) is 7.85. The van der Waals surface area contributed by atoms with Crippen molar-refractivity contribution in [1.82, 2.24) is 10.2 Å². The van der Waals surface area contributed by atoms with Gasteiger partial charge in [0.15, 0.2) is 0 Å². The number of hydrogen-bond acceptors (Lipinski definition) is 5. The van der Waals surface area contributed by atoms with Gasteiger partial charge in [-0.3, -0.25) is 13.9 Å². The number of hydrogen-bond donors (Lipinski definition) is 1. The molecule has 0 bridgehead atoms. The molecule has 208 valence electrons. The Morgan fingerprint density at radius 3 is 2.21 bits per heavy atom. The van der Waals surface area contributed by atoms with Crippen LogP contribution in [0.1, 0.15) is 32.8 Å². The van der Waals surface area contributed by atoms with Crippen LogP contribution in [0.25, 0.3) is 0 Å². The second kappa shape index (κ2) is 13.7. The first-order chi connectivity index (χ1) is 18.7. The molecule has 39 heavy (non-hydrogen) atoms. The number of anilines is 1. The molecule has 0 radical (unpaired) electrons. The van der Waals surface area contributed by atoms with Crippen molar-refractivity contribution < 1.29 is 27.1 Å². The molecular weight excluding hydrogens is 521 g/mol. The molecule has 0 aliphatic heterocycles. The first kappa shape index (κ1) is 29.6. The Balaban J connectivity index is 2.01. The molecule has 2 amide bonds. The smallest absolute Gasteiger partial charge is 0.264 e. The molecule has 3 aromatic carbocycles. The lowest BCUT2D eigenvalue weighted by molar-refractivity contribution is -0.139. The van der Waals surface area contributed by atoms with Crippen molar-refractivity contribution in [3.8, 4) is 5.75 Å². The van der Waals surface area contributed by atoms with Crippen LogP contribution in [0.2, 0.25) is 0 Å². The van der Waals surface area contributed by atoms with Crippen molar-refractivity contribution in [1.29, 1.82) is 0 Å². The largest absolute Gasteiger partial charge is 0.494 e. The number of sulfonamides is 1. The summed E-state index contributed by atoms with van der Waals surface area (Å²) in [5.74, 6) is -1.06. The highest BCUT2D eigenvalue weighted by molar-refractivity contribution is 7.92. The third kappa shape index (κ3) is 7.57. The van der Waals surface area contributed by atoms with E-state index in [2.05, 4.69) is 5.32 Å². The minimum atomic E-state index is -4.18. The number of nitrogens with zero attached hydrogens (tertiary/aromatic N) is 2. The van der Waals surface area contributed by atoms with Crippen molar-refractivity contribution in [2.24, 2.45) is 0 Å². The maximum atomic E-state index is 14.6. The molecule has 0 saturated carbocycles. The van der Waals surface area contributed by atoms with Crippen LogP contribution in [-0.2, 0) is 26.2 Å². The number of nitrogens with one attached hydrogen (secondary N) is 1. The van der Waals surface area contributed by atoms with Crippen LogP contribution in [0, 0.1) is 5.82 Å². The Bertz CT molecular complexity index is 1350. The molecule has 0 heterocycles. The van der Waals surface area contributed by atoms with E-state index in [0.29, 0.717) is 25.3 Å². The van der Waals surface area contributed by atoms with E-state index < -0.39 is 40.2 Å². The van der Waals surface area contributed by atoms with Gasteiger partial charge in [0.25, 0.3) is 10.0 Å². The lowest BCUT2D eigenvalue weighted by Gasteiger charge is -2.32. The summed E-state index contributed by atoms with van der Waals surface area (Å²) in [5.41, 5.74) is 0.448. The van der Waals surface area contributed by atoms with Gasteiger partial charge in [0.1, 0.15) is 24.2 Å². The molecule has 0 spiro atoms. The molecule has 0 aliphatic carbocycles. The topological polar surface area (TPSA) is 96.0 Å². The number of carbonyl (C=O) groups is 2. The van der Waals surface area contributed by atoms with E-state index in [4.69, 9.17) is 4.74 Å². The zero-order chi connectivity index (χ0) is 28.4. The summed E-state index contributed by atoms with van der Waals surface area (Å²) in [6, 6.07) is 19.1. The first-order valence-electron chi connectivity index (χ1n) is 12.8. The summed E-state index contributed by atoms with van der Waals surface area (Å²) in [6.45, 7) is 5.30. The predicted molar refractivity (Wildman–Crippen MR) is 148 cm³/mol. The van der Waals surface area contributed by atoms with E-state index in [1.807, 2.05) is 13.8 Å². The quantitative estimate of drug-likeness (QED) is 0.338. The van der Waals surface area contributed by atoms with Gasteiger partial charge in [-0.25, -0.2) is 12.8 Å².